The van der Waals surface area contributed by atoms with Crippen LogP contribution in [0.25, 0.3) is 11.0 Å². The Hall–Kier alpha value is -0.870. The second-order valence-electron chi connectivity index (χ2n) is 4.62. The number of aromatic nitrogens is 2. The van der Waals surface area contributed by atoms with Gasteiger partial charge in [0.2, 0.25) is 0 Å². The first-order valence-electron chi connectivity index (χ1n) is 6.18. The van der Waals surface area contributed by atoms with Crippen LogP contribution in [-0.4, -0.2) is 34.5 Å². The maximum Gasteiger partial charge on any atom is 0.108 e. The molecule has 0 aliphatic carbocycles. The molecule has 1 fully saturated rings. The molecule has 3 rings (SSSR count). The Balaban J connectivity index is 1.74. The van der Waals surface area contributed by atoms with Gasteiger partial charge in [0.05, 0.1) is 5.52 Å². The van der Waals surface area contributed by atoms with Crippen molar-refractivity contribution in [2.24, 2.45) is 0 Å². The minimum absolute atomic E-state index is 1.01. The van der Waals surface area contributed by atoms with Gasteiger partial charge in [-0.25, -0.2) is 4.98 Å². The molecule has 0 bridgehead atoms. The highest BCUT2D eigenvalue weighted by atomic mass is 79.9. The highest BCUT2D eigenvalue weighted by Gasteiger charge is 2.12. The highest BCUT2D eigenvalue weighted by Crippen LogP contribution is 2.21. The van der Waals surface area contributed by atoms with Crippen LogP contribution in [0.1, 0.15) is 18.7 Å². The molecule has 4 heteroatoms. The molecule has 1 aromatic heterocycles. The van der Waals surface area contributed by atoms with Crippen LogP contribution in [0.2, 0.25) is 0 Å². The summed E-state index contributed by atoms with van der Waals surface area (Å²) in [5.41, 5.74) is 2.17. The van der Waals surface area contributed by atoms with E-state index >= 15 is 0 Å². The molecule has 0 spiro atoms. The summed E-state index contributed by atoms with van der Waals surface area (Å²) in [6.07, 6.45) is 3.72. The largest absolute Gasteiger partial charge is 0.342 e. The predicted molar refractivity (Wildman–Crippen MR) is 73.2 cm³/mol. The van der Waals surface area contributed by atoms with E-state index in [2.05, 4.69) is 36.9 Å². The van der Waals surface area contributed by atoms with E-state index in [0.29, 0.717) is 0 Å². The molecule has 1 aromatic carbocycles. The molecule has 1 saturated heterocycles. The van der Waals surface area contributed by atoms with E-state index in [1.165, 1.54) is 25.9 Å². The lowest BCUT2D eigenvalue weighted by molar-refractivity contribution is 0.341. The van der Waals surface area contributed by atoms with E-state index in [1.54, 1.807) is 0 Å². The average Bonchev–Trinajstić information content (AvgIpc) is 2.95. The Kier molecular flexibility index (Phi) is 3.16. The van der Waals surface area contributed by atoms with Gasteiger partial charge in [-0.2, -0.15) is 0 Å². The Bertz CT molecular complexity index is 514. The molecule has 90 valence electrons. The van der Waals surface area contributed by atoms with Crippen LogP contribution < -0.4 is 0 Å². The molecule has 0 atom stereocenters. The number of hydrogen-bond acceptors (Lipinski definition) is 2. The SMILES string of the molecule is Brc1cccc2[nH]c(CCN3CCCC3)nc12. The maximum atomic E-state index is 4.64. The number of imidazole rings is 1. The normalized spacial score (nSPS) is 17.0. The number of aromatic amines is 1. The Morgan fingerprint density at radius 3 is 2.88 bits per heavy atom. The fourth-order valence-corrected chi connectivity index (χ4v) is 2.89. The van der Waals surface area contributed by atoms with E-state index in [1.807, 2.05) is 12.1 Å². The molecule has 2 heterocycles. The van der Waals surface area contributed by atoms with Gasteiger partial charge in [0, 0.05) is 17.4 Å². The second-order valence-corrected chi connectivity index (χ2v) is 5.47. The third-order valence-corrected chi connectivity index (χ3v) is 4.02. The molecule has 0 amide bonds. The first-order valence-corrected chi connectivity index (χ1v) is 6.98. The van der Waals surface area contributed by atoms with Gasteiger partial charge in [-0.15, -0.1) is 0 Å². The van der Waals surface area contributed by atoms with Crippen molar-refractivity contribution >= 4 is 27.0 Å². The quantitative estimate of drug-likeness (QED) is 0.944. The van der Waals surface area contributed by atoms with Gasteiger partial charge in [-0.3, -0.25) is 0 Å². The number of fused-ring (bicyclic) bond motifs is 1. The minimum Gasteiger partial charge on any atom is -0.342 e. The summed E-state index contributed by atoms with van der Waals surface area (Å²) in [5.74, 6) is 1.10. The summed E-state index contributed by atoms with van der Waals surface area (Å²) < 4.78 is 1.07. The van der Waals surface area contributed by atoms with E-state index in [0.717, 1.165) is 34.3 Å². The number of nitrogens with zero attached hydrogens (tertiary/aromatic N) is 2. The lowest BCUT2D eigenvalue weighted by Gasteiger charge is -2.12. The Morgan fingerprint density at radius 2 is 2.12 bits per heavy atom. The summed E-state index contributed by atoms with van der Waals surface area (Å²) in [6.45, 7) is 3.63. The van der Waals surface area contributed by atoms with Crippen molar-refractivity contribution in [3.63, 3.8) is 0 Å². The third-order valence-electron chi connectivity index (χ3n) is 3.38. The summed E-state index contributed by atoms with van der Waals surface area (Å²) in [4.78, 5) is 10.6. The maximum absolute atomic E-state index is 4.64. The van der Waals surface area contributed by atoms with Crippen LogP contribution in [0.3, 0.4) is 0 Å². The lowest BCUT2D eigenvalue weighted by Crippen LogP contribution is -2.22. The van der Waals surface area contributed by atoms with Crippen molar-refractivity contribution in [1.82, 2.24) is 14.9 Å². The molecule has 2 aromatic rings. The van der Waals surface area contributed by atoms with Crippen molar-refractivity contribution in [3.05, 3.63) is 28.5 Å². The summed E-state index contributed by atoms with van der Waals surface area (Å²) in [7, 11) is 0. The van der Waals surface area contributed by atoms with Crippen LogP contribution in [-0.2, 0) is 6.42 Å². The van der Waals surface area contributed by atoms with Crippen LogP contribution >= 0.6 is 15.9 Å². The van der Waals surface area contributed by atoms with Gasteiger partial charge in [-0.05, 0) is 54.0 Å². The van der Waals surface area contributed by atoms with Gasteiger partial charge in [0.1, 0.15) is 11.3 Å². The first kappa shape index (κ1) is 11.2. The number of likely N-dealkylation sites (tertiary alicyclic amines) is 1. The van der Waals surface area contributed by atoms with Crippen molar-refractivity contribution in [3.8, 4) is 0 Å². The summed E-state index contributed by atoms with van der Waals surface area (Å²) in [6, 6.07) is 6.15. The highest BCUT2D eigenvalue weighted by molar-refractivity contribution is 9.10. The molecule has 0 saturated carbocycles. The number of H-pyrrole nitrogens is 1. The zero-order chi connectivity index (χ0) is 11.7. The van der Waals surface area contributed by atoms with Crippen molar-refractivity contribution in [2.45, 2.75) is 19.3 Å². The molecular weight excluding hydrogens is 278 g/mol. The van der Waals surface area contributed by atoms with Gasteiger partial charge in [-0.1, -0.05) is 6.07 Å². The second kappa shape index (κ2) is 4.78. The van der Waals surface area contributed by atoms with E-state index in [4.69, 9.17) is 0 Å². The Morgan fingerprint density at radius 1 is 1.29 bits per heavy atom. The zero-order valence-electron chi connectivity index (χ0n) is 9.75. The monoisotopic (exact) mass is 293 g/mol. The third kappa shape index (κ3) is 2.38. The number of halogens is 1. The van der Waals surface area contributed by atoms with E-state index in [9.17, 15) is 0 Å². The number of benzene rings is 1. The number of para-hydroxylation sites is 1. The smallest absolute Gasteiger partial charge is 0.108 e. The van der Waals surface area contributed by atoms with Gasteiger partial charge >= 0.3 is 0 Å². The van der Waals surface area contributed by atoms with E-state index < -0.39 is 0 Å². The first-order chi connectivity index (χ1) is 8.33. The van der Waals surface area contributed by atoms with Crippen molar-refractivity contribution in [1.29, 1.82) is 0 Å². The van der Waals surface area contributed by atoms with E-state index in [-0.39, 0.29) is 0 Å². The van der Waals surface area contributed by atoms with Crippen LogP contribution in [0.15, 0.2) is 22.7 Å². The molecule has 3 nitrogen and oxygen atoms in total. The fourth-order valence-electron chi connectivity index (χ4n) is 2.44. The van der Waals surface area contributed by atoms with Gasteiger partial charge in [0.25, 0.3) is 0 Å². The molecular formula is C13H16BrN3. The zero-order valence-corrected chi connectivity index (χ0v) is 11.3. The molecule has 0 unspecified atom stereocenters. The lowest BCUT2D eigenvalue weighted by atomic mass is 10.3. The van der Waals surface area contributed by atoms with Gasteiger partial charge < -0.3 is 9.88 Å². The summed E-state index contributed by atoms with van der Waals surface area (Å²) >= 11 is 3.53. The number of hydrogen-bond donors (Lipinski definition) is 1. The summed E-state index contributed by atoms with van der Waals surface area (Å²) in [5, 5.41) is 0. The predicted octanol–water partition coefficient (Wildman–Crippen LogP) is 2.96. The number of nitrogens with one attached hydrogen (secondary N) is 1. The molecule has 1 N–H and O–H groups in total. The molecule has 0 radical (unpaired) electrons. The van der Waals surface area contributed by atoms with Gasteiger partial charge in [0.15, 0.2) is 0 Å². The average molecular weight is 294 g/mol. The molecule has 17 heavy (non-hydrogen) atoms. The molecule has 1 aliphatic rings. The molecule has 1 aliphatic heterocycles. The standard InChI is InChI=1S/C13H16BrN3/c14-10-4-3-5-11-13(10)16-12(15-11)6-9-17-7-1-2-8-17/h3-5H,1-2,6-9H2,(H,15,16). The Labute approximate surface area is 109 Å². The topological polar surface area (TPSA) is 31.9 Å². The van der Waals surface area contributed by atoms with Crippen LogP contribution in [0, 0.1) is 0 Å². The van der Waals surface area contributed by atoms with Crippen LogP contribution in [0.4, 0.5) is 0 Å². The number of rotatable bonds is 3. The van der Waals surface area contributed by atoms with Crippen LogP contribution in [0.5, 0.6) is 0 Å². The fraction of sp³-hybridized carbons (Fsp3) is 0.462. The van der Waals surface area contributed by atoms with Crippen molar-refractivity contribution < 1.29 is 0 Å². The van der Waals surface area contributed by atoms with Crippen molar-refractivity contribution in [2.75, 3.05) is 19.6 Å². The minimum atomic E-state index is 1.01.